The third-order valence-corrected chi connectivity index (χ3v) is 4.55. The SMILES string of the molecule is NC1(c2c(F)c(Br)cc3c2OCCO3)CCCCC1. The molecule has 1 aromatic rings. The summed E-state index contributed by atoms with van der Waals surface area (Å²) >= 11 is 3.25. The number of ether oxygens (including phenoxy) is 2. The maximum Gasteiger partial charge on any atom is 0.169 e. The van der Waals surface area contributed by atoms with E-state index in [1.165, 1.54) is 0 Å². The van der Waals surface area contributed by atoms with Gasteiger partial charge in [-0.15, -0.1) is 0 Å². The predicted octanol–water partition coefficient (Wildman–Crippen LogP) is 3.48. The zero-order valence-corrected chi connectivity index (χ0v) is 12.3. The van der Waals surface area contributed by atoms with E-state index >= 15 is 0 Å². The van der Waals surface area contributed by atoms with Crippen LogP contribution in [0.4, 0.5) is 4.39 Å². The molecule has 2 N–H and O–H groups in total. The van der Waals surface area contributed by atoms with Gasteiger partial charge in [0.2, 0.25) is 0 Å². The van der Waals surface area contributed by atoms with Crippen molar-refractivity contribution < 1.29 is 13.9 Å². The van der Waals surface area contributed by atoms with Crippen LogP contribution in [-0.4, -0.2) is 13.2 Å². The van der Waals surface area contributed by atoms with E-state index in [9.17, 15) is 4.39 Å². The van der Waals surface area contributed by atoms with Crippen LogP contribution in [-0.2, 0) is 5.54 Å². The molecule has 0 radical (unpaired) electrons. The van der Waals surface area contributed by atoms with Crippen LogP contribution in [0.15, 0.2) is 10.5 Å². The van der Waals surface area contributed by atoms with Crippen LogP contribution < -0.4 is 15.2 Å². The second kappa shape index (κ2) is 4.94. The summed E-state index contributed by atoms with van der Waals surface area (Å²) in [4.78, 5) is 0. The van der Waals surface area contributed by atoms with Crippen LogP contribution >= 0.6 is 15.9 Å². The zero-order valence-electron chi connectivity index (χ0n) is 10.7. The third kappa shape index (κ3) is 2.23. The fourth-order valence-corrected chi connectivity index (χ4v) is 3.42. The van der Waals surface area contributed by atoms with E-state index in [-0.39, 0.29) is 5.82 Å². The van der Waals surface area contributed by atoms with Gasteiger partial charge in [-0.25, -0.2) is 4.39 Å². The number of hydrogen-bond acceptors (Lipinski definition) is 3. The van der Waals surface area contributed by atoms with Gasteiger partial charge in [0.1, 0.15) is 19.0 Å². The minimum absolute atomic E-state index is 0.311. The summed E-state index contributed by atoms with van der Waals surface area (Å²) in [5, 5.41) is 0. The van der Waals surface area contributed by atoms with E-state index in [4.69, 9.17) is 15.2 Å². The monoisotopic (exact) mass is 329 g/mol. The molecule has 0 spiro atoms. The number of halogens is 2. The van der Waals surface area contributed by atoms with Gasteiger partial charge in [-0.2, -0.15) is 0 Å². The lowest BCUT2D eigenvalue weighted by Gasteiger charge is -2.36. The molecule has 2 aliphatic rings. The number of hydrogen-bond donors (Lipinski definition) is 1. The van der Waals surface area contributed by atoms with Crippen molar-refractivity contribution in [2.45, 2.75) is 37.6 Å². The molecule has 1 aromatic carbocycles. The minimum atomic E-state index is -0.642. The molecule has 5 heteroatoms. The minimum Gasteiger partial charge on any atom is -0.486 e. The highest BCUT2D eigenvalue weighted by atomic mass is 79.9. The molecular weight excluding hydrogens is 313 g/mol. The zero-order chi connectivity index (χ0) is 13.5. The van der Waals surface area contributed by atoms with Gasteiger partial charge >= 0.3 is 0 Å². The van der Waals surface area contributed by atoms with Crippen LogP contribution in [0.5, 0.6) is 11.5 Å². The van der Waals surface area contributed by atoms with Gasteiger partial charge in [0.15, 0.2) is 11.5 Å². The molecule has 1 saturated carbocycles. The smallest absolute Gasteiger partial charge is 0.169 e. The first-order chi connectivity index (χ1) is 9.12. The lowest BCUT2D eigenvalue weighted by Crippen LogP contribution is -2.40. The van der Waals surface area contributed by atoms with Gasteiger partial charge in [0.25, 0.3) is 0 Å². The molecule has 1 heterocycles. The van der Waals surface area contributed by atoms with Gasteiger partial charge in [0.05, 0.1) is 10.0 Å². The lowest BCUT2D eigenvalue weighted by atomic mass is 9.76. The maximum atomic E-state index is 14.6. The van der Waals surface area contributed by atoms with Gasteiger partial charge in [-0.1, -0.05) is 19.3 Å². The van der Waals surface area contributed by atoms with Crippen molar-refractivity contribution in [3.05, 3.63) is 21.9 Å². The second-order valence-corrected chi connectivity index (χ2v) is 6.14. The molecule has 1 fully saturated rings. The molecule has 3 rings (SSSR count). The van der Waals surface area contributed by atoms with Crippen LogP contribution in [0.25, 0.3) is 0 Å². The average Bonchev–Trinajstić information content (AvgIpc) is 2.40. The maximum absolute atomic E-state index is 14.6. The number of nitrogens with two attached hydrogens (primary N) is 1. The Morgan fingerprint density at radius 3 is 2.58 bits per heavy atom. The first kappa shape index (κ1) is 13.2. The van der Waals surface area contributed by atoms with Crippen molar-refractivity contribution in [1.29, 1.82) is 0 Å². The molecule has 0 unspecified atom stereocenters. The summed E-state index contributed by atoms with van der Waals surface area (Å²) in [6.07, 6.45) is 4.79. The van der Waals surface area contributed by atoms with E-state index in [1.54, 1.807) is 6.07 Å². The Hall–Kier alpha value is -0.810. The van der Waals surface area contributed by atoms with Gasteiger partial charge < -0.3 is 15.2 Å². The topological polar surface area (TPSA) is 44.5 Å². The molecular formula is C14H17BrFNO2. The Bertz CT molecular complexity index is 501. The fraction of sp³-hybridized carbons (Fsp3) is 0.571. The summed E-state index contributed by atoms with van der Waals surface area (Å²) in [6, 6.07) is 1.62. The normalized spacial score (nSPS) is 21.2. The van der Waals surface area contributed by atoms with E-state index in [0.717, 1.165) is 32.1 Å². The van der Waals surface area contributed by atoms with E-state index in [2.05, 4.69) is 15.9 Å². The highest BCUT2D eigenvalue weighted by molar-refractivity contribution is 9.10. The lowest BCUT2D eigenvalue weighted by molar-refractivity contribution is 0.161. The molecule has 0 aromatic heterocycles. The Balaban J connectivity index is 2.15. The highest BCUT2D eigenvalue weighted by Gasteiger charge is 2.38. The van der Waals surface area contributed by atoms with Crippen molar-refractivity contribution in [2.75, 3.05) is 13.2 Å². The molecule has 0 saturated heterocycles. The quantitative estimate of drug-likeness (QED) is 0.857. The van der Waals surface area contributed by atoms with Gasteiger partial charge in [-0.05, 0) is 28.8 Å². The standard InChI is InChI=1S/C14H17BrFNO2/c15-9-8-10-13(19-7-6-18-10)11(12(9)16)14(17)4-2-1-3-5-14/h8H,1-7,17H2. The Kier molecular flexibility index (Phi) is 3.43. The number of fused-ring (bicyclic) bond motifs is 1. The molecule has 0 amide bonds. The molecule has 19 heavy (non-hydrogen) atoms. The Morgan fingerprint density at radius 1 is 1.16 bits per heavy atom. The Labute approximate surface area is 120 Å². The second-order valence-electron chi connectivity index (χ2n) is 5.29. The van der Waals surface area contributed by atoms with Crippen LogP contribution in [0.2, 0.25) is 0 Å². The van der Waals surface area contributed by atoms with E-state index in [0.29, 0.717) is 34.7 Å². The summed E-state index contributed by atoms with van der Waals surface area (Å²) in [7, 11) is 0. The van der Waals surface area contributed by atoms with Crippen molar-refractivity contribution in [3.8, 4) is 11.5 Å². The average molecular weight is 330 g/mol. The van der Waals surface area contributed by atoms with Crippen molar-refractivity contribution >= 4 is 15.9 Å². The molecule has 104 valence electrons. The van der Waals surface area contributed by atoms with Gasteiger partial charge in [-0.3, -0.25) is 0 Å². The first-order valence-electron chi connectivity index (χ1n) is 6.69. The largest absolute Gasteiger partial charge is 0.486 e. The molecule has 0 atom stereocenters. The fourth-order valence-electron chi connectivity index (χ4n) is 3.01. The van der Waals surface area contributed by atoms with Crippen molar-refractivity contribution in [3.63, 3.8) is 0 Å². The highest BCUT2D eigenvalue weighted by Crippen LogP contribution is 2.47. The summed E-state index contributed by atoms with van der Waals surface area (Å²) in [5.41, 5.74) is 6.32. The van der Waals surface area contributed by atoms with Crippen LogP contribution in [0.1, 0.15) is 37.7 Å². The van der Waals surface area contributed by atoms with E-state index < -0.39 is 5.54 Å². The third-order valence-electron chi connectivity index (χ3n) is 3.97. The number of benzene rings is 1. The summed E-state index contributed by atoms with van der Waals surface area (Å²) < 4.78 is 26.1. The molecule has 0 bridgehead atoms. The first-order valence-corrected chi connectivity index (χ1v) is 7.48. The van der Waals surface area contributed by atoms with Crippen LogP contribution in [0.3, 0.4) is 0 Å². The number of rotatable bonds is 1. The van der Waals surface area contributed by atoms with E-state index in [1.807, 2.05) is 0 Å². The van der Waals surface area contributed by atoms with Crippen molar-refractivity contribution in [2.24, 2.45) is 5.73 Å². The summed E-state index contributed by atoms with van der Waals surface area (Å²) in [5.74, 6) is 0.773. The van der Waals surface area contributed by atoms with Gasteiger partial charge in [0, 0.05) is 11.6 Å². The van der Waals surface area contributed by atoms with Crippen molar-refractivity contribution in [1.82, 2.24) is 0 Å². The summed E-state index contributed by atoms with van der Waals surface area (Å²) in [6.45, 7) is 0.930. The predicted molar refractivity (Wildman–Crippen MR) is 74.0 cm³/mol. The molecule has 1 aliphatic heterocycles. The molecule has 1 aliphatic carbocycles. The Morgan fingerprint density at radius 2 is 1.84 bits per heavy atom. The molecule has 3 nitrogen and oxygen atoms in total. The van der Waals surface area contributed by atoms with Crippen LogP contribution in [0, 0.1) is 5.82 Å².